The first kappa shape index (κ1) is 19.0. The normalized spacial score (nSPS) is 26.8. The molecule has 1 aliphatic rings. The molecule has 1 rings (SSSR count). The van der Waals surface area contributed by atoms with Gasteiger partial charge in [-0.1, -0.05) is 40.4 Å². The molecule has 0 heterocycles. The molecular formula is C17H34O2Si2. The molecule has 122 valence electrons. The van der Waals surface area contributed by atoms with Crippen LogP contribution in [0.4, 0.5) is 0 Å². The molecule has 21 heavy (non-hydrogen) atoms. The Bertz CT molecular complexity index is 413. The molecule has 0 aromatic rings. The molecule has 1 aliphatic carbocycles. The van der Waals surface area contributed by atoms with Gasteiger partial charge in [0.05, 0.1) is 5.60 Å². The van der Waals surface area contributed by atoms with Crippen molar-refractivity contribution in [1.29, 1.82) is 0 Å². The number of aliphatic hydroxyl groups is 1. The first-order valence-electron chi connectivity index (χ1n) is 8.11. The quantitative estimate of drug-likeness (QED) is 0.612. The van der Waals surface area contributed by atoms with Crippen molar-refractivity contribution in [2.24, 2.45) is 5.92 Å². The van der Waals surface area contributed by atoms with E-state index in [-0.39, 0.29) is 5.04 Å². The van der Waals surface area contributed by atoms with Gasteiger partial charge in [0.2, 0.25) is 0 Å². The fourth-order valence-corrected chi connectivity index (χ4v) is 4.00. The lowest BCUT2D eigenvalue weighted by Crippen LogP contribution is -2.48. The SMILES string of the molecule is CC(C)(C)[Si](C)(C)OC[C@H]1C[C@](O)(CC#C[Si](C)(C)C)C1. The summed E-state index contributed by atoms with van der Waals surface area (Å²) in [7, 11) is -2.97. The van der Waals surface area contributed by atoms with Crippen molar-refractivity contribution < 1.29 is 9.53 Å². The monoisotopic (exact) mass is 326 g/mol. The Hall–Kier alpha value is -0.0862. The second kappa shape index (κ2) is 6.19. The zero-order valence-electron chi connectivity index (χ0n) is 15.3. The van der Waals surface area contributed by atoms with Crippen molar-refractivity contribution in [2.75, 3.05) is 6.61 Å². The third kappa shape index (κ3) is 5.90. The Morgan fingerprint density at radius 1 is 1.14 bits per heavy atom. The van der Waals surface area contributed by atoms with E-state index < -0.39 is 22.0 Å². The van der Waals surface area contributed by atoms with Gasteiger partial charge in [-0.2, -0.15) is 0 Å². The van der Waals surface area contributed by atoms with E-state index >= 15 is 0 Å². The van der Waals surface area contributed by atoms with Crippen LogP contribution in [-0.4, -0.2) is 33.7 Å². The van der Waals surface area contributed by atoms with E-state index in [2.05, 4.69) is 65.0 Å². The topological polar surface area (TPSA) is 29.5 Å². The average molecular weight is 327 g/mol. The molecule has 4 heteroatoms. The minimum absolute atomic E-state index is 0.260. The maximum Gasteiger partial charge on any atom is 0.191 e. The largest absolute Gasteiger partial charge is 0.417 e. The molecular weight excluding hydrogens is 292 g/mol. The van der Waals surface area contributed by atoms with Crippen LogP contribution in [0, 0.1) is 17.4 Å². The summed E-state index contributed by atoms with van der Waals surface area (Å²) >= 11 is 0. The summed E-state index contributed by atoms with van der Waals surface area (Å²) in [6, 6.07) is 0. The highest BCUT2D eigenvalue weighted by Crippen LogP contribution is 2.42. The van der Waals surface area contributed by atoms with E-state index in [1.165, 1.54) is 0 Å². The zero-order valence-corrected chi connectivity index (χ0v) is 17.3. The van der Waals surface area contributed by atoms with E-state index in [9.17, 15) is 5.11 Å². The number of hydrogen-bond acceptors (Lipinski definition) is 2. The zero-order chi connectivity index (χ0) is 16.5. The van der Waals surface area contributed by atoms with Crippen molar-refractivity contribution in [1.82, 2.24) is 0 Å². The highest BCUT2D eigenvalue weighted by molar-refractivity contribution is 6.83. The maximum absolute atomic E-state index is 10.4. The van der Waals surface area contributed by atoms with Crippen LogP contribution in [0.2, 0.25) is 37.8 Å². The van der Waals surface area contributed by atoms with Gasteiger partial charge >= 0.3 is 0 Å². The molecule has 0 bridgehead atoms. The van der Waals surface area contributed by atoms with Crippen molar-refractivity contribution >= 4 is 16.4 Å². The summed E-state index contributed by atoms with van der Waals surface area (Å²) in [6.45, 7) is 18.9. The fraction of sp³-hybridized carbons (Fsp3) is 0.882. The molecule has 0 amide bonds. The second-order valence-corrected chi connectivity index (χ2v) is 18.9. The van der Waals surface area contributed by atoms with Crippen LogP contribution in [0.3, 0.4) is 0 Å². The van der Waals surface area contributed by atoms with Crippen LogP contribution in [0.15, 0.2) is 0 Å². The minimum atomic E-state index is -1.65. The van der Waals surface area contributed by atoms with Crippen LogP contribution in [0.1, 0.15) is 40.0 Å². The minimum Gasteiger partial charge on any atom is -0.417 e. The molecule has 1 N–H and O–H groups in total. The summed E-state index contributed by atoms with van der Waals surface area (Å²) in [4.78, 5) is 0. The Morgan fingerprint density at radius 2 is 1.67 bits per heavy atom. The standard InChI is InChI=1S/C17H34O2Si2/c1-16(2,3)21(7,8)19-14-15-12-17(18,13-15)10-9-11-20(4,5)6/h15,18H,10,12-14H2,1-8H3/t15-,17+. The Kier molecular flexibility index (Phi) is 5.59. The lowest BCUT2D eigenvalue weighted by molar-refractivity contribution is -0.0812. The third-order valence-corrected chi connectivity index (χ3v) is 10.1. The second-order valence-electron chi connectivity index (χ2n) is 9.30. The lowest BCUT2D eigenvalue weighted by Gasteiger charge is -2.45. The number of hydrogen-bond donors (Lipinski definition) is 1. The van der Waals surface area contributed by atoms with Crippen LogP contribution >= 0.6 is 0 Å². The average Bonchev–Trinajstić information content (AvgIpc) is 2.19. The maximum atomic E-state index is 10.4. The van der Waals surface area contributed by atoms with Crippen molar-refractivity contribution in [3.63, 3.8) is 0 Å². The molecule has 0 atom stereocenters. The van der Waals surface area contributed by atoms with Gasteiger partial charge in [0.1, 0.15) is 8.07 Å². The van der Waals surface area contributed by atoms with Gasteiger partial charge in [0.15, 0.2) is 8.32 Å². The summed E-state index contributed by atoms with van der Waals surface area (Å²) in [5.74, 6) is 3.73. The molecule has 0 spiro atoms. The van der Waals surface area contributed by atoms with Crippen molar-refractivity contribution in [3.8, 4) is 11.5 Å². The van der Waals surface area contributed by atoms with Gasteiger partial charge in [0, 0.05) is 13.0 Å². The highest BCUT2D eigenvalue weighted by Gasteiger charge is 2.44. The van der Waals surface area contributed by atoms with Crippen molar-refractivity contribution in [2.45, 2.75) is 83.4 Å². The van der Waals surface area contributed by atoms with Crippen LogP contribution in [0.5, 0.6) is 0 Å². The summed E-state index contributed by atoms with van der Waals surface area (Å²) in [5, 5.41) is 10.7. The smallest absolute Gasteiger partial charge is 0.191 e. The summed E-state index contributed by atoms with van der Waals surface area (Å²) < 4.78 is 6.25. The molecule has 1 saturated carbocycles. The Morgan fingerprint density at radius 3 is 2.10 bits per heavy atom. The Labute approximate surface area is 133 Å². The van der Waals surface area contributed by atoms with E-state index in [1.54, 1.807) is 0 Å². The van der Waals surface area contributed by atoms with Crippen molar-refractivity contribution in [3.05, 3.63) is 0 Å². The third-order valence-electron chi connectivity index (χ3n) is 4.70. The number of rotatable bonds is 4. The molecule has 0 aromatic heterocycles. The summed E-state index contributed by atoms with van der Waals surface area (Å²) in [5.41, 5.74) is 2.79. The van der Waals surface area contributed by atoms with E-state index in [4.69, 9.17) is 4.43 Å². The first-order chi connectivity index (χ1) is 9.24. The van der Waals surface area contributed by atoms with E-state index in [1.807, 2.05) is 0 Å². The van der Waals surface area contributed by atoms with Gasteiger partial charge in [-0.3, -0.25) is 0 Å². The van der Waals surface area contributed by atoms with E-state index in [0.717, 1.165) is 19.4 Å². The summed E-state index contributed by atoms with van der Waals surface area (Å²) in [6.07, 6.45) is 2.33. The van der Waals surface area contributed by atoms with Gasteiger partial charge in [-0.15, -0.1) is 11.5 Å². The molecule has 1 fully saturated rings. The van der Waals surface area contributed by atoms with Gasteiger partial charge in [-0.25, -0.2) is 0 Å². The van der Waals surface area contributed by atoms with Crippen LogP contribution < -0.4 is 0 Å². The molecule has 0 aromatic carbocycles. The predicted molar refractivity (Wildman–Crippen MR) is 96.6 cm³/mol. The fourth-order valence-electron chi connectivity index (χ4n) is 2.29. The van der Waals surface area contributed by atoms with Crippen LogP contribution in [0.25, 0.3) is 0 Å². The van der Waals surface area contributed by atoms with Gasteiger partial charge in [0.25, 0.3) is 0 Å². The first-order valence-corrected chi connectivity index (χ1v) is 14.5. The molecule has 2 nitrogen and oxygen atoms in total. The molecule has 0 radical (unpaired) electrons. The van der Waals surface area contributed by atoms with Gasteiger partial charge in [-0.05, 0) is 36.9 Å². The lowest BCUT2D eigenvalue weighted by atomic mass is 9.70. The molecule has 0 saturated heterocycles. The molecule has 0 unspecified atom stereocenters. The molecule has 0 aliphatic heterocycles. The van der Waals surface area contributed by atoms with Gasteiger partial charge < -0.3 is 9.53 Å². The van der Waals surface area contributed by atoms with E-state index in [0.29, 0.717) is 12.3 Å². The van der Waals surface area contributed by atoms with Crippen LogP contribution in [-0.2, 0) is 4.43 Å². The Balaban J connectivity index is 2.38. The predicted octanol–water partition coefficient (Wildman–Crippen LogP) is 4.42. The highest BCUT2D eigenvalue weighted by atomic mass is 28.4.